The van der Waals surface area contributed by atoms with E-state index in [-0.39, 0.29) is 6.04 Å². The first-order valence-electron chi connectivity index (χ1n) is 7.24. The van der Waals surface area contributed by atoms with Crippen molar-refractivity contribution >= 4 is 0 Å². The van der Waals surface area contributed by atoms with Crippen molar-refractivity contribution in [3.05, 3.63) is 53.3 Å². The van der Waals surface area contributed by atoms with E-state index in [1.807, 2.05) is 51.1 Å². The highest BCUT2D eigenvalue weighted by Gasteiger charge is 2.15. The molecule has 0 spiro atoms. The zero-order valence-corrected chi connectivity index (χ0v) is 12.8. The van der Waals surface area contributed by atoms with Crippen LogP contribution in [0.1, 0.15) is 36.7 Å². The van der Waals surface area contributed by atoms with Crippen molar-refractivity contribution < 1.29 is 9.47 Å². The van der Waals surface area contributed by atoms with Gasteiger partial charge in [-0.3, -0.25) is 4.98 Å². The summed E-state index contributed by atoms with van der Waals surface area (Å²) in [6.45, 7) is 7.06. The van der Waals surface area contributed by atoms with Gasteiger partial charge in [-0.05, 0) is 50.1 Å². The second-order valence-corrected chi connectivity index (χ2v) is 4.73. The number of nitrogens with two attached hydrogens (primary N) is 1. The van der Waals surface area contributed by atoms with Gasteiger partial charge in [-0.25, -0.2) is 0 Å². The first kappa shape index (κ1) is 15.3. The van der Waals surface area contributed by atoms with Crippen molar-refractivity contribution in [2.24, 2.45) is 5.73 Å². The van der Waals surface area contributed by atoms with Crippen LogP contribution < -0.4 is 15.2 Å². The number of aryl methyl sites for hydroxylation is 1. The average molecular weight is 286 g/mol. The fraction of sp³-hybridized carbons (Fsp3) is 0.353. The van der Waals surface area contributed by atoms with E-state index >= 15 is 0 Å². The van der Waals surface area contributed by atoms with E-state index in [1.54, 1.807) is 6.20 Å². The number of hydrogen-bond acceptors (Lipinski definition) is 4. The molecule has 4 heteroatoms. The van der Waals surface area contributed by atoms with Crippen molar-refractivity contribution in [3.63, 3.8) is 0 Å². The fourth-order valence-electron chi connectivity index (χ4n) is 2.27. The van der Waals surface area contributed by atoms with Crippen molar-refractivity contribution in [2.45, 2.75) is 26.8 Å². The maximum atomic E-state index is 6.37. The molecule has 21 heavy (non-hydrogen) atoms. The fourth-order valence-corrected chi connectivity index (χ4v) is 2.27. The Bertz CT molecular complexity index is 599. The number of rotatable bonds is 6. The van der Waals surface area contributed by atoms with Crippen molar-refractivity contribution in [3.8, 4) is 11.5 Å². The normalized spacial score (nSPS) is 12.0. The third-order valence-electron chi connectivity index (χ3n) is 3.31. The van der Waals surface area contributed by atoms with E-state index in [9.17, 15) is 0 Å². The SMILES string of the molecule is CCOc1ccc(C(N)c2cccnc2C)cc1OCC. The van der Waals surface area contributed by atoms with E-state index in [2.05, 4.69) is 4.98 Å². The Morgan fingerprint density at radius 3 is 2.48 bits per heavy atom. The molecule has 1 atom stereocenters. The molecule has 0 radical (unpaired) electrons. The predicted octanol–water partition coefficient (Wildman–Crippen LogP) is 3.24. The molecule has 0 bridgehead atoms. The summed E-state index contributed by atoms with van der Waals surface area (Å²) in [6, 6.07) is 9.52. The van der Waals surface area contributed by atoms with Crippen LogP contribution in [0, 0.1) is 6.92 Å². The van der Waals surface area contributed by atoms with Gasteiger partial charge in [0.15, 0.2) is 11.5 Å². The van der Waals surface area contributed by atoms with Gasteiger partial charge in [0.05, 0.1) is 19.3 Å². The van der Waals surface area contributed by atoms with E-state index in [1.165, 1.54) is 0 Å². The Morgan fingerprint density at radius 1 is 1.10 bits per heavy atom. The molecule has 0 saturated heterocycles. The zero-order chi connectivity index (χ0) is 15.2. The molecule has 1 unspecified atom stereocenters. The summed E-state index contributed by atoms with van der Waals surface area (Å²) in [5.41, 5.74) is 9.31. The predicted molar refractivity (Wildman–Crippen MR) is 83.8 cm³/mol. The first-order chi connectivity index (χ1) is 10.2. The third kappa shape index (κ3) is 3.52. The second-order valence-electron chi connectivity index (χ2n) is 4.73. The smallest absolute Gasteiger partial charge is 0.161 e. The highest BCUT2D eigenvalue weighted by Crippen LogP contribution is 2.32. The Labute approximate surface area is 125 Å². The Morgan fingerprint density at radius 2 is 1.81 bits per heavy atom. The Balaban J connectivity index is 2.35. The maximum Gasteiger partial charge on any atom is 0.161 e. The molecule has 0 aliphatic carbocycles. The summed E-state index contributed by atoms with van der Waals surface area (Å²) in [5, 5.41) is 0. The number of nitrogens with zero attached hydrogens (tertiary/aromatic N) is 1. The Kier molecular flexibility index (Phi) is 5.17. The zero-order valence-electron chi connectivity index (χ0n) is 12.8. The molecule has 112 valence electrons. The molecule has 4 nitrogen and oxygen atoms in total. The van der Waals surface area contributed by atoms with Crippen molar-refractivity contribution in [1.29, 1.82) is 0 Å². The number of pyridine rings is 1. The van der Waals surface area contributed by atoms with Gasteiger partial charge in [-0.1, -0.05) is 12.1 Å². The van der Waals surface area contributed by atoms with Crippen LogP contribution in [0.3, 0.4) is 0 Å². The molecule has 2 N–H and O–H groups in total. The highest BCUT2D eigenvalue weighted by molar-refractivity contribution is 5.46. The first-order valence-corrected chi connectivity index (χ1v) is 7.24. The van der Waals surface area contributed by atoms with Crippen LogP contribution in [0.15, 0.2) is 36.5 Å². The monoisotopic (exact) mass is 286 g/mol. The van der Waals surface area contributed by atoms with Gasteiger partial charge in [0.1, 0.15) is 0 Å². The van der Waals surface area contributed by atoms with Gasteiger partial charge in [-0.15, -0.1) is 0 Å². The van der Waals surface area contributed by atoms with Gasteiger partial charge in [-0.2, -0.15) is 0 Å². The Hall–Kier alpha value is -2.07. The highest BCUT2D eigenvalue weighted by atomic mass is 16.5. The van der Waals surface area contributed by atoms with Gasteiger partial charge >= 0.3 is 0 Å². The molecule has 1 aromatic heterocycles. The molecule has 0 saturated carbocycles. The van der Waals surface area contributed by atoms with E-state index in [4.69, 9.17) is 15.2 Å². The lowest BCUT2D eigenvalue weighted by Crippen LogP contribution is -2.14. The van der Waals surface area contributed by atoms with Crippen LogP contribution in [0.4, 0.5) is 0 Å². The topological polar surface area (TPSA) is 57.4 Å². The van der Waals surface area contributed by atoms with Crippen LogP contribution in [-0.4, -0.2) is 18.2 Å². The molecular formula is C17H22N2O2. The minimum atomic E-state index is -0.228. The second kappa shape index (κ2) is 7.09. The summed E-state index contributed by atoms with van der Waals surface area (Å²) in [5.74, 6) is 1.48. The lowest BCUT2D eigenvalue weighted by Gasteiger charge is -2.17. The quantitative estimate of drug-likeness (QED) is 0.885. The third-order valence-corrected chi connectivity index (χ3v) is 3.31. The summed E-state index contributed by atoms with van der Waals surface area (Å²) in [6.07, 6.45) is 1.77. The molecule has 0 aliphatic rings. The molecule has 1 aromatic carbocycles. The summed E-state index contributed by atoms with van der Waals surface area (Å²) >= 11 is 0. The largest absolute Gasteiger partial charge is 0.490 e. The molecule has 2 aromatic rings. The maximum absolute atomic E-state index is 6.37. The van der Waals surface area contributed by atoms with Gasteiger partial charge in [0, 0.05) is 11.9 Å². The molecule has 0 aliphatic heterocycles. The van der Waals surface area contributed by atoms with Crippen molar-refractivity contribution in [1.82, 2.24) is 4.98 Å². The lowest BCUT2D eigenvalue weighted by atomic mass is 9.98. The molecule has 2 rings (SSSR count). The summed E-state index contributed by atoms with van der Waals surface area (Å²) < 4.78 is 11.2. The standard InChI is InChI=1S/C17H22N2O2/c1-4-20-15-9-8-13(11-16(15)21-5-2)17(18)14-7-6-10-19-12(14)3/h6-11,17H,4-5,18H2,1-3H3. The van der Waals surface area contributed by atoms with Gasteiger partial charge < -0.3 is 15.2 Å². The molecule has 0 fully saturated rings. The van der Waals surface area contributed by atoms with Crippen LogP contribution in [0.25, 0.3) is 0 Å². The number of ether oxygens (including phenoxy) is 2. The van der Waals surface area contributed by atoms with E-state index in [0.717, 1.165) is 28.3 Å². The minimum Gasteiger partial charge on any atom is -0.490 e. The summed E-state index contributed by atoms with van der Waals surface area (Å²) in [4.78, 5) is 4.30. The lowest BCUT2D eigenvalue weighted by molar-refractivity contribution is 0.287. The molecule has 0 amide bonds. The average Bonchev–Trinajstić information content (AvgIpc) is 2.49. The van der Waals surface area contributed by atoms with Crippen LogP contribution in [0.2, 0.25) is 0 Å². The number of benzene rings is 1. The molecular weight excluding hydrogens is 264 g/mol. The van der Waals surface area contributed by atoms with E-state index in [0.29, 0.717) is 13.2 Å². The molecule has 1 heterocycles. The summed E-state index contributed by atoms with van der Waals surface area (Å²) in [7, 11) is 0. The number of hydrogen-bond donors (Lipinski definition) is 1. The van der Waals surface area contributed by atoms with Gasteiger partial charge in [0.2, 0.25) is 0 Å². The minimum absolute atomic E-state index is 0.228. The van der Waals surface area contributed by atoms with Crippen LogP contribution in [-0.2, 0) is 0 Å². The number of aromatic nitrogens is 1. The van der Waals surface area contributed by atoms with E-state index < -0.39 is 0 Å². The van der Waals surface area contributed by atoms with Crippen LogP contribution in [0.5, 0.6) is 11.5 Å². The van der Waals surface area contributed by atoms with Gasteiger partial charge in [0.25, 0.3) is 0 Å². The van der Waals surface area contributed by atoms with Crippen LogP contribution >= 0.6 is 0 Å². The van der Waals surface area contributed by atoms with Crippen molar-refractivity contribution in [2.75, 3.05) is 13.2 Å².